The average molecular weight is 1010 g/mol. The smallest absolute Gasteiger partial charge is 0.350 e. The number of carbonyl (C=O) groups excluding carboxylic acids is 2. The monoisotopic (exact) mass is 1000 g/mol. The highest BCUT2D eigenvalue weighted by molar-refractivity contribution is 8.26. The van der Waals surface area contributed by atoms with Gasteiger partial charge < -0.3 is 35.4 Å². The summed E-state index contributed by atoms with van der Waals surface area (Å²) >= 11 is 5.07. The lowest BCUT2D eigenvalue weighted by atomic mass is 10.3. The molecule has 60 heavy (non-hydrogen) atoms. The van der Waals surface area contributed by atoms with Gasteiger partial charge in [-0.15, -0.1) is 0 Å². The van der Waals surface area contributed by atoms with E-state index >= 15 is 0 Å². The second kappa shape index (κ2) is 21.6. The molecule has 3 rings (SSSR count). The maximum atomic E-state index is 13.1. The third kappa shape index (κ3) is 16.1. The molecule has 2 heterocycles. The molecule has 0 radical (unpaired) electrons. The first kappa shape index (κ1) is 53.1. The van der Waals surface area contributed by atoms with Crippen molar-refractivity contribution < 1.29 is 45.0 Å². The fourth-order valence-electron chi connectivity index (χ4n) is 6.59. The van der Waals surface area contributed by atoms with Gasteiger partial charge in [-0.25, -0.2) is 9.64 Å². The second-order valence-corrected chi connectivity index (χ2v) is 48.7. The molecule has 0 fully saturated rings. The first-order chi connectivity index (χ1) is 27.6. The van der Waals surface area contributed by atoms with Crippen molar-refractivity contribution in [3.63, 3.8) is 0 Å². The van der Waals surface area contributed by atoms with E-state index in [9.17, 15) is 14.9 Å². The molecule has 0 N–H and O–H groups in total. The fourth-order valence-corrected chi connectivity index (χ4v) is 37.0. The van der Waals surface area contributed by atoms with Crippen molar-refractivity contribution in [3.05, 3.63) is 31.2 Å². The highest BCUT2D eigenvalue weighted by atomic mass is 32.2. The number of ether oxygens (including phenoxy) is 4. The van der Waals surface area contributed by atoms with E-state index in [0.29, 0.717) is 65.6 Å². The lowest BCUT2D eigenvalue weighted by Crippen LogP contribution is -2.52. The van der Waals surface area contributed by atoms with Crippen LogP contribution >= 0.6 is 47.0 Å². The van der Waals surface area contributed by atoms with Crippen LogP contribution in [0.3, 0.4) is 0 Å². The van der Waals surface area contributed by atoms with E-state index in [2.05, 4.69) is 103 Å². The van der Waals surface area contributed by atoms with Crippen LogP contribution in [0.1, 0.15) is 26.7 Å². The van der Waals surface area contributed by atoms with Crippen molar-refractivity contribution in [2.75, 3.05) is 26.4 Å². The highest BCUT2D eigenvalue weighted by Crippen LogP contribution is 2.68. The van der Waals surface area contributed by atoms with Crippen LogP contribution < -0.4 is 9.47 Å². The van der Waals surface area contributed by atoms with E-state index < -0.39 is 62.3 Å². The Bertz CT molecular complexity index is 1700. The lowest BCUT2D eigenvalue weighted by molar-refractivity contribution is -0.139. The van der Waals surface area contributed by atoms with Gasteiger partial charge in [-0.05, 0) is 130 Å². The van der Waals surface area contributed by atoms with Gasteiger partial charge in [0.15, 0.2) is 38.8 Å². The average Bonchev–Trinajstić information content (AvgIpc) is 3.68. The van der Waals surface area contributed by atoms with Crippen LogP contribution in [0.4, 0.5) is 0 Å². The van der Waals surface area contributed by atoms with Gasteiger partial charge in [-0.3, -0.25) is 4.79 Å². The minimum Gasteiger partial charge on any atom is -0.491 e. The number of hydrogen-bond donors (Lipinski definition) is 0. The van der Waals surface area contributed by atoms with Gasteiger partial charge in [0.2, 0.25) is 0 Å². The Balaban J connectivity index is 2.16. The predicted octanol–water partition coefficient (Wildman–Crippen LogP) is 12.1. The van der Waals surface area contributed by atoms with E-state index in [4.69, 9.17) is 42.0 Å². The van der Waals surface area contributed by atoms with Crippen LogP contribution in [0, 0.1) is 17.9 Å². The molecule has 0 spiro atoms. The first-order valence-corrected chi connectivity index (χ1v) is 42.1. The third-order valence-electron chi connectivity index (χ3n) is 7.72. The Labute approximate surface area is 382 Å². The molecule has 0 unspecified atom stereocenters. The molecule has 1 aromatic carbocycles. The van der Waals surface area contributed by atoms with E-state index in [-0.39, 0.29) is 24.5 Å². The Hall–Kier alpha value is -1.24. The maximum Gasteiger partial charge on any atom is 0.350 e. The summed E-state index contributed by atoms with van der Waals surface area (Å²) in [4.78, 5) is 32.5. The van der Waals surface area contributed by atoms with E-state index in [0.717, 1.165) is 12.1 Å². The zero-order valence-electron chi connectivity index (χ0n) is 38.3. The molecule has 2 aliphatic rings. The topological polar surface area (TPSA) is 136 Å². The maximum absolute atomic E-state index is 13.1. The van der Waals surface area contributed by atoms with E-state index in [1.54, 1.807) is 13.8 Å². The van der Waals surface area contributed by atoms with Crippen LogP contribution in [-0.2, 0) is 35.5 Å². The molecular weight excluding hydrogens is 941 g/mol. The molecule has 0 aliphatic carbocycles. The quantitative estimate of drug-likeness (QED) is 0.0272. The van der Waals surface area contributed by atoms with Crippen LogP contribution in [0.15, 0.2) is 39.3 Å². The Kier molecular flexibility index (Phi) is 19.1. The van der Waals surface area contributed by atoms with Crippen molar-refractivity contribution in [2.45, 2.75) is 150 Å². The summed E-state index contributed by atoms with van der Waals surface area (Å²) < 4.78 is 52.0. The minimum absolute atomic E-state index is 0.0962. The third-order valence-corrected chi connectivity index (χ3v) is 32.1. The molecule has 0 amide bonds. The summed E-state index contributed by atoms with van der Waals surface area (Å²) in [6, 6.07) is 3.52. The Morgan fingerprint density at radius 1 is 0.583 bits per heavy atom. The number of nitriles is 1. The number of thioether (sulfide) groups is 4. The lowest BCUT2D eigenvalue weighted by Gasteiger charge is -2.38. The summed E-state index contributed by atoms with van der Waals surface area (Å²) in [6.45, 7) is 42.7. The standard InChI is InChI=1S/C38H64N2O10S4Si6/c1-18-43-35(41)27(26-39)37-51-31-29(45-22-20-24-59(16,47-55(4,5)6)48-56(7,8)9)33-34(54-38(53-33)28(40-3)36(42)44-19-2)30(32(31)52-37)46-23-21-25-60(17,49-57(10,11)12)50-58(13,14)15/h18-25H2,1-2,4-17H3. The number of esters is 2. The van der Waals surface area contributed by atoms with Gasteiger partial charge in [-0.1, -0.05) is 47.0 Å². The largest absolute Gasteiger partial charge is 0.491 e. The Morgan fingerprint density at radius 3 is 1.22 bits per heavy atom. The predicted molar refractivity (Wildman–Crippen MR) is 260 cm³/mol. The van der Waals surface area contributed by atoms with Crippen molar-refractivity contribution in [2.24, 2.45) is 0 Å². The molecule has 1 aromatic rings. The van der Waals surface area contributed by atoms with Crippen molar-refractivity contribution in [3.8, 4) is 17.6 Å². The minimum atomic E-state index is -2.56. The number of nitrogens with zero attached hydrogens (tertiary/aromatic N) is 2. The van der Waals surface area contributed by atoms with Gasteiger partial charge in [0, 0.05) is 0 Å². The van der Waals surface area contributed by atoms with E-state index in [1.165, 1.54) is 47.0 Å². The molecule has 22 heteroatoms. The molecule has 0 saturated carbocycles. The normalized spacial score (nSPS) is 14.6. The van der Waals surface area contributed by atoms with Crippen molar-refractivity contribution in [1.29, 1.82) is 5.26 Å². The summed E-state index contributed by atoms with van der Waals surface area (Å²) in [5.41, 5.74) is -0.210. The molecule has 0 bridgehead atoms. The van der Waals surface area contributed by atoms with Crippen molar-refractivity contribution in [1.82, 2.24) is 0 Å². The molecule has 0 aromatic heterocycles. The first-order valence-electron chi connectivity index (χ1n) is 20.2. The number of carbonyl (C=O) groups is 2. The summed E-state index contributed by atoms with van der Waals surface area (Å²) in [7, 11) is -12.8. The highest BCUT2D eigenvalue weighted by Gasteiger charge is 2.43. The van der Waals surface area contributed by atoms with Crippen LogP contribution in [0.5, 0.6) is 11.5 Å². The molecule has 12 nitrogen and oxygen atoms in total. The van der Waals surface area contributed by atoms with Gasteiger partial charge >= 0.3 is 29.1 Å². The second-order valence-electron chi connectivity index (χ2n) is 18.4. The number of rotatable bonds is 22. The Morgan fingerprint density at radius 2 is 0.917 bits per heavy atom. The van der Waals surface area contributed by atoms with Gasteiger partial charge in [-0.2, -0.15) is 5.26 Å². The zero-order chi connectivity index (χ0) is 45.5. The molecular formula is C38H64N2O10S4Si6. The number of benzene rings is 1. The SMILES string of the molecule is [C-]#[N+]C(C(=O)OCC)=C1Sc2c(OCCC[Si](C)(O[Si](C)(C)C)O[Si](C)(C)C)c3c(c(OCCC[Si](C)(O[Si](C)(C)C)O[Si](C)(C)C)c2S1)SC(=C(C#N)C(=O)OCC)S3. The van der Waals surface area contributed by atoms with Gasteiger partial charge in [0.05, 0.1) is 61.1 Å². The van der Waals surface area contributed by atoms with Crippen LogP contribution in [0.2, 0.25) is 104 Å². The van der Waals surface area contributed by atoms with Gasteiger partial charge in [0.1, 0.15) is 17.6 Å². The molecule has 0 saturated heterocycles. The van der Waals surface area contributed by atoms with Crippen LogP contribution in [0.25, 0.3) is 4.85 Å². The van der Waals surface area contributed by atoms with Gasteiger partial charge in [0.25, 0.3) is 5.70 Å². The molecule has 334 valence electrons. The molecule has 0 atom stereocenters. The fraction of sp³-hybridized carbons (Fsp3) is 0.632. The van der Waals surface area contributed by atoms with Crippen molar-refractivity contribution >= 4 is 109 Å². The van der Waals surface area contributed by atoms with E-state index in [1.807, 2.05) is 0 Å². The zero-order valence-corrected chi connectivity index (χ0v) is 47.5. The summed E-state index contributed by atoms with van der Waals surface area (Å²) in [6.07, 6.45) is 1.31. The number of fused-ring (bicyclic) bond motifs is 2. The number of hydrogen-bond acceptors (Lipinski definition) is 15. The molecule has 2 aliphatic heterocycles. The summed E-state index contributed by atoms with van der Waals surface area (Å²) in [5.74, 6) is -0.324. The summed E-state index contributed by atoms with van der Waals surface area (Å²) in [5, 5.41) is 10.2. The van der Waals surface area contributed by atoms with Crippen LogP contribution in [-0.4, -0.2) is 88.8 Å².